The van der Waals surface area contributed by atoms with Crippen molar-refractivity contribution in [2.75, 3.05) is 13.7 Å². The molecule has 0 spiro atoms. The summed E-state index contributed by atoms with van der Waals surface area (Å²) < 4.78 is 11.0. The summed E-state index contributed by atoms with van der Waals surface area (Å²) in [4.78, 5) is 8.04. The lowest BCUT2D eigenvalue weighted by Gasteiger charge is -2.12. The van der Waals surface area contributed by atoms with Gasteiger partial charge in [-0.2, -0.15) is 0 Å². The van der Waals surface area contributed by atoms with E-state index in [0.29, 0.717) is 34.2 Å². The van der Waals surface area contributed by atoms with Gasteiger partial charge in [-0.05, 0) is 24.1 Å². The quantitative estimate of drug-likeness (QED) is 0.473. The first kappa shape index (κ1) is 14.2. The van der Waals surface area contributed by atoms with Crippen molar-refractivity contribution in [1.29, 1.82) is 0 Å². The summed E-state index contributed by atoms with van der Waals surface area (Å²) in [6.07, 6.45) is 2.04. The second-order valence-corrected chi connectivity index (χ2v) is 4.70. The molecule has 0 saturated heterocycles. The smallest absolute Gasteiger partial charge is 0.224 e. The zero-order valence-electron chi connectivity index (χ0n) is 10.7. The molecule has 0 amide bonds. The van der Waals surface area contributed by atoms with Crippen LogP contribution in [0.25, 0.3) is 10.9 Å². The maximum Gasteiger partial charge on any atom is 0.224 e. The van der Waals surface area contributed by atoms with Crippen LogP contribution in [0, 0.1) is 0 Å². The third kappa shape index (κ3) is 3.19. The zero-order valence-corrected chi connectivity index (χ0v) is 12.3. The topological polar surface area (TPSA) is 44.2 Å². The van der Waals surface area contributed by atoms with E-state index in [1.54, 1.807) is 19.2 Å². The molecule has 0 fully saturated rings. The van der Waals surface area contributed by atoms with Gasteiger partial charge in [0.1, 0.15) is 5.15 Å². The van der Waals surface area contributed by atoms with E-state index < -0.39 is 0 Å². The highest BCUT2D eigenvalue weighted by Crippen LogP contribution is 2.34. The Morgan fingerprint density at radius 1 is 1.16 bits per heavy atom. The number of hydrogen-bond donors (Lipinski definition) is 0. The van der Waals surface area contributed by atoms with Gasteiger partial charge >= 0.3 is 0 Å². The Bertz CT molecular complexity index is 590. The summed E-state index contributed by atoms with van der Waals surface area (Å²) in [7, 11) is 1.58. The molecule has 4 nitrogen and oxygen atoms in total. The van der Waals surface area contributed by atoms with Crippen LogP contribution < -0.4 is 9.47 Å². The predicted molar refractivity (Wildman–Crippen MR) is 76.5 cm³/mol. The molecule has 0 saturated carbocycles. The highest BCUT2D eigenvalue weighted by molar-refractivity contribution is 6.35. The van der Waals surface area contributed by atoms with Gasteiger partial charge in [-0.3, -0.25) is 0 Å². The van der Waals surface area contributed by atoms with Crippen molar-refractivity contribution in [3.05, 3.63) is 22.6 Å². The Labute approximate surface area is 121 Å². The second kappa shape index (κ2) is 6.26. The van der Waals surface area contributed by atoms with Gasteiger partial charge in [0.05, 0.1) is 19.2 Å². The first-order chi connectivity index (χ1) is 9.15. The van der Waals surface area contributed by atoms with E-state index in [9.17, 15) is 0 Å². The molecule has 0 N–H and O–H groups in total. The number of methoxy groups -OCH3 is 1. The fraction of sp³-hybridized carbons (Fsp3) is 0.385. The Balaban J connectivity index is 2.45. The normalized spacial score (nSPS) is 10.7. The van der Waals surface area contributed by atoms with E-state index in [0.717, 1.165) is 12.8 Å². The maximum atomic E-state index is 6.06. The molecule has 19 heavy (non-hydrogen) atoms. The number of hydrogen-bond acceptors (Lipinski definition) is 4. The van der Waals surface area contributed by atoms with E-state index in [4.69, 9.17) is 32.7 Å². The molecule has 0 radical (unpaired) electrons. The lowest BCUT2D eigenvalue weighted by Crippen LogP contribution is -1.99. The number of unbranched alkanes of at least 4 members (excludes halogenated alkanes) is 1. The zero-order chi connectivity index (χ0) is 13.8. The van der Waals surface area contributed by atoms with Gasteiger partial charge in [-0.25, -0.2) is 9.97 Å². The third-order valence-electron chi connectivity index (χ3n) is 2.66. The summed E-state index contributed by atoms with van der Waals surface area (Å²) >= 11 is 11.8. The highest BCUT2D eigenvalue weighted by Gasteiger charge is 2.12. The van der Waals surface area contributed by atoms with Crippen LogP contribution in [-0.4, -0.2) is 23.7 Å². The molecule has 1 aromatic carbocycles. The second-order valence-electron chi connectivity index (χ2n) is 4.01. The van der Waals surface area contributed by atoms with Crippen molar-refractivity contribution >= 4 is 34.1 Å². The first-order valence-electron chi connectivity index (χ1n) is 5.99. The van der Waals surface area contributed by atoms with Gasteiger partial charge in [0, 0.05) is 11.5 Å². The Morgan fingerprint density at radius 2 is 1.95 bits per heavy atom. The van der Waals surface area contributed by atoms with Gasteiger partial charge < -0.3 is 9.47 Å². The fourth-order valence-corrected chi connectivity index (χ4v) is 2.12. The lowest BCUT2D eigenvalue weighted by molar-refractivity contribution is 0.289. The molecule has 0 aliphatic carbocycles. The van der Waals surface area contributed by atoms with Gasteiger partial charge in [-0.15, -0.1) is 0 Å². The summed E-state index contributed by atoms with van der Waals surface area (Å²) in [5, 5.41) is 1.11. The molecule has 0 bridgehead atoms. The number of aromatic nitrogens is 2. The Hall–Kier alpha value is -1.26. The first-order valence-corrected chi connectivity index (χ1v) is 6.75. The van der Waals surface area contributed by atoms with Crippen LogP contribution in [0.4, 0.5) is 0 Å². The Morgan fingerprint density at radius 3 is 2.63 bits per heavy atom. The molecule has 0 aliphatic rings. The van der Waals surface area contributed by atoms with E-state index in [1.165, 1.54) is 0 Å². The molecule has 102 valence electrons. The number of halogens is 2. The molecular weight excluding hydrogens is 287 g/mol. The average molecular weight is 301 g/mol. The van der Waals surface area contributed by atoms with Crippen LogP contribution in [-0.2, 0) is 0 Å². The van der Waals surface area contributed by atoms with Crippen molar-refractivity contribution in [1.82, 2.24) is 9.97 Å². The SMILES string of the molecule is CCCCOc1cc2c(Cl)nc(Cl)nc2cc1OC. The minimum atomic E-state index is 0.110. The lowest BCUT2D eigenvalue weighted by atomic mass is 10.2. The molecule has 1 aromatic heterocycles. The summed E-state index contributed by atoms with van der Waals surface area (Å²) in [6, 6.07) is 3.53. The molecule has 2 aromatic rings. The van der Waals surface area contributed by atoms with Crippen molar-refractivity contribution in [2.45, 2.75) is 19.8 Å². The number of benzene rings is 1. The highest BCUT2D eigenvalue weighted by atomic mass is 35.5. The number of ether oxygens (including phenoxy) is 2. The monoisotopic (exact) mass is 300 g/mol. The van der Waals surface area contributed by atoms with Crippen LogP contribution >= 0.6 is 23.2 Å². The molecule has 0 unspecified atom stereocenters. The Kier molecular flexibility index (Phi) is 4.66. The minimum absolute atomic E-state index is 0.110. The fourth-order valence-electron chi connectivity index (χ4n) is 1.67. The molecule has 1 heterocycles. The van der Waals surface area contributed by atoms with E-state index >= 15 is 0 Å². The van der Waals surface area contributed by atoms with Crippen LogP contribution in [0.1, 0.15) is 19.8 Å². The average Bonchev–Trinajstić information content (AvgIpc) is 2.38. The van der Waals surface area contributed by atoms with Crippen molar-refractivity contribution in [2.24, 2.45) is 0 Å². The predicted octanol–water partition coefficient (Wildman–Crippen LogP) is 4.12. The van der Waals surface area contributed by atoms with Crippen LogP contribution in [0.2, 0.25) is 10.4 Å². The molecule has 0 atom stereocenters. The van der Waals surface area contributed by atoms with Crippen LogP contribution in [0.5, 0.6) is 11.5 Å². The van der Waals surface area contributed by atoms with Crippen molar-refractivity contribution in [3.63, 3.8) is 0 Å². The van der Waals surface area contributed by atoms with Gasteiger partial charge in [0.2, 0.25) is 5.28 Å². The number of nitrogens with zero attached hydrogens (tertiary/aromatic N) is 2. The largest absolute Gasteiger partial charge is 0.493 e. The summed E-state index contributed by atoms with van der Waals surface area (Å²) in [5.41, 5.74) is 0.629. The van der Waals surface area contributed by atoms with E-state index in [1.807, 2.05) is 0 Å². The van der Waals surface area contributed by atoms with E-state index in [2.05, 4.69) is 16.9 Å². The summed E-state index contributed by atoms with van der Waals surface area (Å²) in [5.74, 6) is 1.24. The molecule has 2 rings (SSSR count). The summed E-state index contributed by atoms with van der Waals surface area (Å²) in [6.45, 7) is 2.73. The van der Waals surface area contributed by atoms with Crippen LogP contribution in [0.3, 0.4) is 0 Å². The van der Waals surface area contributed by atoms with Gasteiger partial charge in [0.25, 0.3) is 0 Å². The van der Waals surface area contributed by atoms with Gasteiger partial charge in [0.15, 0.2) is 11.5 Å². The maximum absolute atomic E-state index is 6.06. The van der Waals surface area contributed by atoms with Crippen molar-refractivity contribution in [3.8, 4) is 11.5 Å². The van der Waals surface area contributed by atoms with E-state index in [-0.39, 0.29) is 5.28 Å². The third-order valence-corrected chi connectivity index (χ3v) is 3.12. The van der Waals surface area contributed by atoms with Crippen LogP contribution in [0.15, 0.2) is 12.1 Å². The molecule has 6 heteroatoms. The number of fused-ring (bicyclic) bond motifs is 1. The molecular formula is C13H14Cl2N2O2. The number of rotatable bonds is 5. The van der Waals surface area contributed by atoms with Crippen molar-refractivity contribution < 1.29 is 9.47 Å². The molecule has 0 aliphatic heterocycles. The van der Waals surface area contributed by atoms with Gasteiger partial charge in [-0.1, -0.05) is 24.9 Å². The minimum Gasteiger partial charge on any atom is -0.493 e. The standard InChI is InChI=1S/C13H14Cl2N2O2/c1-3-4-5-19-11-6-8-9(7-10(11)18-2)16-13(15)17-12(8)14/h6-7H,3-5H2,1-2H3.